The molecule has 3 aliphatic heterocycles. The van der Waals surface area contributed by atoms with Gasteiger partial charge in [-0.25, -0.2) is 19.7 Å². The van der Waals surface area contributed by atoms with Gasteiger partial charge >= 0.3 is 12.2 Å². The SMILES string of the molecule is CC1(C)OC[C@@H](COc2ccnc(NC(=O)N3c4nc(-c5cccc(C(F)(F)F)c5)ncc4N4CCCC3C4)c2)O1. The highest BCUT2D eigenvalue weighted by atomic mass is 19.4. The molecule has 2 aromatic heterocycles. The fourth-order valence-electron chi connectivity index (χ4n) is 5.33. The van der Waals surface area contributed by atoms with Crippen molar-refractivity contribution in [2.24, 2.45) is 0 Å². The molecule has 2 fully saturated rings. The maximum absolute atomic E-state index is 13.7. The highest BCUT2D eigenvalue weighted by Gasteiger charge is 2.39. The number of hydrogen-bond donors (Lipinski definition) is 1. The van der Waals surface area contributed by atoms with Crippen LogP contribution in [0.1, 0.15) is 32.3 Å². The molecule has 0 spiro atoms. The molecule has 2 saturated heterocycles. The number of benzene rings is 1. The van der Waals surface area contributed by atoms with E-state index in [9.17, 15) is 18.0 Å². The zero-order valence-electron chi connectivity index (χ0n) is 22.5. The number of urea groups is 1. The summed E-state index contributed by atoms with van der Waals surface area (Å²) in [5, 5.41) is 2.84. The standard InChI is InChI=1S/C28H29F3N6O4/c1-27(2)40-16-21(41-27)15-39-20-8-9-32-23(12-20)34-26(38)37-19-7-4-10-36(14-19)22-13-33-24(35-25(22)37)17-5-3-6-18(11-17)28(29,30)31/h3,5-6,8-9,11-13,19,21H,4,7,10,14-16H2,1-2H3,(H,32,34,38)/t19?,21-/m1/s1. The molecular weight excluding hydrogens is 541 g/mol. The lowest BCUT2D eigenvalue weighted by Crippen LogP contribution is -2.56. The first-order valence-corrected chi connectivity index (χ1v) is 13.4. The summed E-state index contributed by atoms with van der Waals surface area (Å²) in [6.45, 7) is 5.74. The Hall–Kier alpha value is -3.97. The summed E-state index contributed by atoms with van der Waals surface area (Å²) in [4.78, 5) is 30.6. The van der Waals surface area contributed by atoms with Crippen LogP contribution < -0.4 is 19.9 Å². The van der Waals surface area contributed by atoms with Crippen molar-refractivity contribution >= 4 is 23.4 Å². The minimum atomic E-state index is -4.50. The fourth-order valence-corrected chi connectivity index (χ4v) is 5.33. The summed E-state index contributed by atoms with van der Waals surface area (Å²) in [5.41, 5.74) is 0.0642. The van der Waals surface area contributed by atoms with Gasteiger partial charge in [0.05, 0.1) is 30.1 Å². The number of piperidine rings is 1. The van der Waals surface area contributed by atoms with Gasteiger partial charge in [-0.2, -0.15) is 13.2 Å². The van der Waals surface area contributed by atoms with Gasteiger partial charge < -0.3 is 19.1 Å². The number of halogens is 3. The summed E-state index contributed by atoms with van der Waals surface area (Å²) >= 11 is 0. The molecule has 3 aromatic rings. The maximum atomic E-state index is 13.7. The predicted octanol–water partition coefficient (Wildman–Crippen LogP) is 5.11. The number of anilines is 3. The minimum absolute atomic E-state index is 0.101. The van der Waals surface area contributed by atoms with Crippen molar-refractivity contribution < 1.29 is 32.2 Å². The van der Waals surface area contributed by atoms with Crippen molar-refractivity contribution in [3.05, 3.63) is 54.4 Å². The van der Waals surface area contributed by atoms with E-state index in [1.54, 1.807) is 23.2 Å². The third-order valence-electron chi connectivity index (χ3n) is 7.22. The molecule has 2 bridgehead atoms. The van der Waals surface area contributed by atoms with Crippen LogP contribution >= 0.6 is 0 Å². The van der Waals surface area contributed by atoms with Crippen LogP contribution in [0.5, 0.6) is 5.75 Å². The first-order chi connectivity index (χ1) is 19.6. The number of carbonyl (C=O) groups excluding carboxylic acids is 1. The number of amides is 2. The molecule has 6 rings (SSSR count). The maximum Gasteiger partial charge on any atom is 0.416 e. The first-order valence-electron chi connectivity index (χ1n) is 13.4. The van der Waals surface area contributed by atoms with Gasteiger partial charge in [-0.05, 0) is 44.9 Å². The van der Waals surface area contributed by atoms with E-state index in [0.717, 1.165) is 31.5 Å². The number of rotatable bonds is 5. The first kappa shape index (κ1) is 27.2. The Morgan fingerprint density at radius 2 is 2.07 bits per heavy atom. The molecule has 2 amide bonds. The number of nitrogens with zero attached hydrogens (tertiary/aromatic N) is 5. The number of alkyl halides is 3. The molecule has 0 radical (unpaired) electrons. The largest absolute Gasteiger partial charge is 0.491 e. The Kier molecular flexibility index (Phi) is 6.94. The number of carbonyl (C=O) groups is 1. The Morgan fingerprint density at radius 1 is 1.22 bits per heavy atom. The Morgan fingerprint density at radius 3 is 2.85 bits per heavy atom. The molecule has 0 saturated carbocycles. The van der Waals surface area contributed by atoms with E-state index in [1.165, 1.54) is 18.3 Å². The second-order valence-corrected chi connectivity index (χ2v) is 10.7. The van der Waals surface area contributed by atoms with Crippen LogP contribution in [0.2, 0.25) is 0 Å². The van der Waals surface area contributed by atoms with Crippen molar-refractivity contribution in [3.8, 4) is 17.1 Å². The van der Waals surface area contributed by atoms with Crippen molar-refractivity contribution in [3.63, 3.8) is 0 Å². The molecule has 10 nitrogen and oxygen atoms in total. The molecule has 1 N–H and O–H groups in total. The molecule has 41 heavy (non-hydrogen) atoms. The van der Waals surface area contributed by atoms with E-state index in [2.05, 4.69) is 25.2 Å². The smallest absolute Gasteiger partial charge is 0.416 e. The Labute approximate surface area is 234 Å². The number of nitrogens with one attached hydrogen (secondary N) is 1. The summed E-state index contributed by atoms with van der Waals surface area (Å²) in [6, 6.07) is 7.51. The second-order valence-electron chi connectivity index (χ2n) is 10.7. The predicted molar refractivity (Wildman–Crippen MR) is 144 cm³/mol. The molecular formula is C28H29F3N6O4. The monoisotopic (exact) mass is 570 g/mol. The van der Waals surface area contributed by atoms with E-state index in [0.29, 0.717) is 30.4 Å². The van der Waals surface area contributed by atoms with Crippen molar-refractivity contribution in [1.29, 1.82) is 0 Å². The van der Waals surface area contributed by atoms with Crippen LogP contribution in [0.25, 0.3) is 11.4 Å². The van der Waals surface area contributed by atoms with Crippen LogP contribution in [0.3, 0.4) is 0 Å². The molecule has 1 unspecified atom stereocenters. The number of hydrogen-bond acceptors (Lipinski definition) is 8. The average molecular weight is 571 g/mol. The summed E-state index contributed by atoms with van der Waals surface area (Å²) in [6.07, 6.45) is 0.000642. The lowest BCUT2D eigenvalue weighted by atomic mass is 10.0. The third-order valence-corrected chi connectivity index (χ3v) is 7.22. The van der Waals surface area contributed by atoms with Crippen molar-refractivity contribution in [1.82, 2.24) is 15.0 Å². The highest BCUT2D eigenvalue weighted by Crippen LogP contribution is 2.39. The Bertz CT molecular complexity index is 1450. The summed E-state index contributed by atoms with van der Waals surface area (Å²) in [5.74, 6) is 0.567. The molecule has 13 heteroatoms. The lowest BCUT2D eigenvalue weighted by Gasteiger charge is -2.45. The topological polar surface area (TPSA) is 102 Å². The van der Waals surface area contributed by atoms with Gasteiger partial charge in [-0.3, -0.25) is 10.2 Å². The highest BCUT2D eigenvalue weighted by molar-refractivity contribution is 6.04. The summed E-state index contributed by atoms with van der Waals surface area (Å²) < 4.78 is 57.2. The normalized spacial score (nSPS) is 21.4. The van der Waals surface area contributed by atoms with E-state index in [-0.39, 0.29) is 36.0 Å². The van der Waals surface area contributed by atoms with Crippen LogP contribution in [-0.4, -0.2) is 65.2 Å². The van der Waals surface area contributed by atoms with Crippen LogP contribution in [0.15, 0.2) is 48.8 Å². The molecule has 2 atom stereocenters. The van der Waals surface area contributed by atoms with Gasteiger partial charge in [-0.1, -0.05) is 12.1 Å². The second kappa shape index (κ2) is 10.5. The number of pyridine rings is 1. The van der Waals surface area contributed by atoms with Gasteiger partial charge in [-0.15, -0.1) is 0 Å². The lowest BCUT2D eigenvalue weighted by molar-refractivity contribution is -0.141. The van der Waals surface area contributed by atoms with E-state index >= 15 is 0 Å². The molecule has 0 aliphatic carbocycles. The van der Waals surface area contributed by atoms with Crippen LogP contribution in [-0.2, 0) is 15.7 Å². The zero-order valence-corrected chi connectivity index (χ0v) is 22.5. The van der Waals surface area contributed by atoms with E-state index < -0.39 is 23.6 Å². The molecule has 216 valence electrons. The van der Waals surface area contributed by atoms with Crippen molar-refractivity contribution in [2.45, 2.75) is 50.8 Å². The van der Waals surface area contributed by atoms with Gasteiger partial charge in [0, 0.05) is 30.9 Å². The molecule has 5 heterocycles. The molecule has 1 aromatic carbocycles. The Balaban J connectivity index is 1.24. The number of fused-ring (bicyclic) bond motifs is 4. The van der Waals surface area contributed by atoms with Gasteiger partial charge in [0.15, 0.2) is 17.4 Å². The molecule has 3 aliphatic rings. The van der Waals surface area contributed by atoms with E-state index in [1.807, 2.05) is 13.8 Å². The average Bonchev–Trinajstić information content (AvgIpc) is 3.30. The number of aromatic nitrogens is 3. The fraction of sp³-hybridized carbons (Fsp3) is 0.429. The zero-order chi connectivity index (χ0) is 28.8. The van der Waals surface area contributed by atoms with Crippen LogP contribution in [0.4, 0.5) is 35.3 Å². The van der Waals surface area contributed by atoms with E-state index in [4.69, 9.17) is 14.2 Å². The van der Waals surface area contributed by atoms with Gasteiger partial charge in [0.1, 0.15) is 24.3 Å². The third kappa shape index (κ3) is 5.77. The van der Waals surface area contributed by atoms with Crippen molar-refractivity contribution in [2.75, 3.05) is 41.4 Å². The van der Waals surface area contributed by atoms with Crippen LogP contribution in [0, 0.1) is 0 Å². The van der Waals surface area contributed by atoms with Gasteiger partial charge in [0.2, 0.25) is 0 Å². The van der Waals surface area contributed by atoms with Gasteiger partial charge in [0.25, 0.3) is 0 Å². The minimum Gasteiger partial charge on any atom is -0.491 e. The quantitative estimate of drug-likeness (QED) is 0.452. The number of ether oxygens (including phenoxy) is 3. The summed E-state index contributed by atoms with van der Waals surface area (Å²) in [7, 11) is 0.